The number of nitro groups is 1. The molecule has 0 aliphatic heterocycles. The number of nitrogens with one attached hydrogen (secondary N) is 1. The Hall–Kier alpha value is -1.83. The first-order valence-electron chi connectivity index (χ1n) is 5.52. The molecular weight excluding hydrogens is 339 g/mol. The number of anilines is 1. The second kappa shape index (κ2) is 5.88. The third-order valence-corrected chi connectivity index (χ3v) is 4.48. The zero-order chi connectivity index (χ0) is 15.6. The first kappa shape index (κ1) is 15.6. The van der Waals surface area contributed by atoms with Gasteiger partial charge in [0.25, 0.3) is 15.7 Å². The predicted octanol–water partition coefficient (Wildman–Crippen LogP) is 3.70. The van der Waals surface area contributed by atoms with Crippen LogP contribution in [-0.2, 0) is 10.0 Å². The van der Waals surface area contributed by atoms with Gasteiger partial charge in [-0.2, -0.15) is 0 Å². The smallest absolute Gasteiger partial charge is 0.269 e. The van der Waals surface area contributed by atoms with E-state index in [0.29, 0.717) is 5.02 Å². The van der Waals surface area contributed by atoms with E-state index in [2.05, 4.69) is 4.72 Å². The number of hydrogen-bond acceptors (Lipinski definition) is 4. The minimum atomic E-state index is -3.91. The summed E-state index contributed by atoms with van der Waals surface area (Å²) >= 11 is 11.7. The largest absolute Gasteiger partial charge is 0.278 e. The van der Waals surface area contributed by atoms with Gasteiger partial charge < -0.3 is 0 Å². The van der Waals surface area contributed by atoms with Crippen LogP contribution in [0.3, 0.4) is 0 Å². The average molecular weight is 347 g/mol. The highest BCUT2D eigenvalue weighted by atomic mass is 35.5. The molecule has 0 saturated heterocycles. The first-order valence-corrected chi connectivity index (χ1v) is 7.76. The highest BCUT2D eigenvalue weighted by molar-refractivity contribution is 7.92. The van der Waals surface area contributed by atoms with Crippen LogP contribution < -0.4 is 4.72 Å². The molecule has 0 heterocycles. The van der Waals surface area contributed by atoms with Crippen molar-refractivity contribution in [1.82, 2.24) is 0 Å². The summed E-state index contributed by atoms with van der Waals surface area (Å²) in [5, 5.41) is 11.0. The topological polar surface area (TPSA) is 89.3 Å². The highest BCUT2D eigenvalue weighted by Crippen LogP contribution is 2.28. The Labute approximate surface area is 130 Å². The van der Waals surface area contributed by atoms with Gasteiger partial charge in [0.1, 0.15) is 0 Å². The van der Waals surface area contributed by atoms with E-state index < -0.39 is 14.9 Å². The molecule has 21 heavy (non-hydrogen) atoms. The maximum absolute atomic E-state index is 12.2. The molecule has 2 aromatic carbocycles. The van der Waals surface area contributed by atoms with Gasteiger partial charge in [0.2, 0.25) is 0 Å². The van der Waals surface area contributed by atoms with Crippen LogP contribution in [0, 0.1) is 10.1 Å². The first-order chi connectivity index (χ1) is 9.79. The molecule has 0 radical (unpaired) electrons. The van der Waals surface area contributed by atoms with Crippen LogP contribution in [0.5, 0.6) is 0 Å². The number of hydrogen-bond donors (Lipinski definition) is 1. The van der Waals surface area contributed by atoms with Crippen molar-refractivity contribution >= 4 is 44.6 Å². The molecule has 0 spiro atoms. The molecule has 2 rings (SSSR count). The molecule has 0 amide bonds. The number of non-ortho nitro benzene ring substituents is 1. The third kappa shape index (κ3) is 3.63. The van der Waals surface area contributed by atoms with Gasteiger partial charge >= 0.3 is 0 Å². The molecule has 9 heteroatoms. The van der Waals surface area contributed by atoms with Crippen molar-refractivity contribution in [3.63, 3.8) is 0 Å². The lowest BCUT2D eigenvalue weighted by atomic mass is 10.3. The standard InChI is InChI=1S/C12H8Cl2N2O4S/c13-8-1-6-11(14)12(7-8)15-21(19,20)10-4-2-9(3-5-10)16(17)18/h1-7,15H. The van der Waals surface area contributed by atoms with Crippen molar-refractivity contribution in [2.24, 2.45) is 0 Å². The summed E-state index contributed by atoms with van der Waals surface area (Å²) in [6, 6.07) is 8.83. The lowest BCUT2D eigenvalue weighted by Gasteiger charge is -2.09. The Morgan fingerprint density at radius 3 is 2.24 bits per heavy atom. The van der Waals surface area contributed by atoms with Crippen molar-refractivity contribution in [2.75, 3.05) is 4.72 Å². The quantitative estimate of drug-likeness (QED) is 0.674. The van der Waals surface area contributed by atoms with Crippen molar-refractivity contribution in [3.05, 3.63) is 62.6 Å². The number of nitrogens with zero attached hydrogens (tertiary/aromatic N) is 1. The van der Waals surface area contributed by atoms with Crippen molar-refractivity contribution in [1.29, 1.82) is 0 Å². The van der Waals surface area contributed by atoms with Crippen LogP contribution in [0.4, 0.5) is 11.4 Å². The molecule has 0 saturated carbocycles. The molecule has 2 aromatic rings. The number of benzene rings is 2. The molecular formula is C12H8Cl2N2O4S. The second-order valence-corrected chi connectivity index (χ2v) is 6.51. The molecule has 6 nitrogen and oxygen atoms in total. The molecule has 0 unspecified atom stereocenters. The summed E-state index contributed by atoms with van der Waals surface area (Å²) in [5.74, 6) is 0. The Morgan fingerprint density at radius 1 is 1.05 bits per heavy atom. The molecule has 0 bridgehead atoms. The van der Waals surface area contributed by atoms with E-state index in [1.165, 1.54) is 18.2 Å². The number of rotatable bonds is 4. The fraction of sp³-hybridized carbons (Fsp3) is 0. The molecule has 0 aromatic heterocycles. The summed E-state index contributed by atoms with van der Waals surface area (Å²) in [7, 11) is -3.91. The Bertz CT molecular complexity index is 791. The van der Waals surface area contributed by atoms with E-state index >= 15 is 0 Å². The Kier molecular flexibility index (Phi) is 4.36. The molecule has 110 valence electrons. The average Bonchev–Trinajstić information content (AvgIpc) is 2.43. The van der Waals surface area contributed by atoms with Gasteiger partial charge in [0.05, 0.1) is 20.5 Å². The molecule has 1 N–H and O–H groups in total. The second-order valence-electron chi connectivity index (χ2n) is 3.98. The number of halogens is 2. The minimum absolute atomic E-state index is 0.121. The predicted molar refractivity (Wildman–Crippen MR) is 80.4 cm³/mol. The lowest BCUT2D eigenvalue weighted by molar-refractivity contribution is -0.384. The van der Waals surface area contributed by atoms with Crippen LogP contribution in [-0.4, -0.2) is 13.3 Å². The summed E-state index contributed by atoms with van der Waals surface area (Å²) in [5.41, 5.74) is -0.0720. The zero-order valence-electron chi connectivity index (χ0n) is 10.3. The van der Waals surface area contributed by atoms with E-state index in [4.69, 9.17) is 23.2 Å². The van der Waals surface area contributed by atoms with Crippen molar-refractivity contribution in [3.8, 4) is 0 Å². The highest BCUT2D eigenvalue weighted by Gasteiger charge is 2.17. The monoisotopic (exact) mass is 346 g/mol. The van der Waals surface area contributed by atoms with Gasteiger partial charge in [0.15, 0.2) is 0 Å². The SMILES string of the molecule is O=[N+]([O-])c1ccc(S(=O)(=O)Nc2cc(Cl)ccc2Cl)cc1. The van der Waals surface area contributed by atoms with Crippen LogP contribution in [0.2, 0.25) is 10.0 Å². The van der Waals surface area contributed by atoms with Crippen LogP contribution in [0.1, 0.15) is 0 Å². The van der Waals surface area contributed by atoms with Gasteiger partial charge in [-0.15, -0.1) is 0 Å². The fourth-order valence-electron chi connectivity index (χ4n) is 1.53. The Balaban J connectivity index is 2.34. The van der Waals surface area contributed by atoms with E-state index in [9.17, 15) is 18.5 Å². The summed E-state index contributed by atoms with van der Waals surface area (Å²) in [6.07, 6.45) is 0. The van der Waals surface area contributed by atoms with Gasteiger partial charge in [0, 0.05) is 17.2 Å². The zero-order valence-corrected chi connectivity index (χ0v) is 12.6. The summed E-state index contributed by atoms with van der Waals surface area (Å²) in [4.78, 5) is 9.81. The third-order valence-electron chi connectivity index (χ3n) is 2.53. The molecule has 0 aliphatic rings. The number of nitro benzene ring substituents is 1. The van der Waals surface area contributed by atoms with Gasteiger partial charge in [-0.3, -0.25) is 14.8 Å². The molecule has 0 aliphatic carbocycles. The van der Waals surface area contributed by atoms with E-state index in [1.807, 2.05) is 0 Å². The fourth-order valence-corrected chi connectivity index (χ4v) is 2.99. The van der Waals surface area contributed by atoms with Crippen LogP contribution in [0.25, 0.3) is 0 Å². The molecule has 0 fully saturated rings. The van der Waals surface area contributed by atoms with Crippen LogP contribution in [0.15, 0.2) is 47.4 Å². The van der Waals surface area contributed by atoms with Gasteiger partial charge in [-0.1, -0.05) is 23.2 Å². The van der Waals surface area contributed by atoms with E-state index in [-0.39, 0.29) is 21.3 Å². The van der Waals surface area contributed by atoms with Gasteiger partial charge in [-0.05, 0) is 30.3 Å². The normalized spacial score (nSPS) is 11.1. The minimum Gasteiger partial charge on any atom is -0.278 e. The van der Waals surface area contributed by atoms with Crippen LogP contribution >= 0.6 is 23.2 Å². The summed E-state index contributed by atoms with van der Waals surface area (Å²) in [6.45, 7) is 0. The van der Waals surface area contributed by atoms with E-state index in [1.54, 1.807) is 0 Å². The van der Waals surface area contributed by atoms with E-state index in [0.717, 1.165) is 24.3 Å². The maximum Gasteiger partial charge on any atom is 0.269 e. The van der Waals surface area contributed by atoms with Crippen molar-refractivity contribution in [2.45, 2.75) is 4.90 Å². The summed E-state index contributed by atoms with van der Waals surface area (Å²) < 4.78 is 26.6. The Morgan fingerprint density at radius 2 is 1.67 bits per heavy atom. The van der Waals surface area contributed by atoms with Gasteiger partial charge in [-0.25, -0.2) is 8.42 Å². The van der Waals surface area contributed by atoms with Crippen molar-refractivity contribution < 1.29 is 13.3 Å². The maximum atomic E-state index is 12.2. The molecule has 0 atom stereocenters. The lowest BCUT2D eigenvalue weighted by Crippen LogP contribution is -2.13. The number of sulfonamides is 1.